The van der Waals surface area contributed by atoms with Crippen LogP contribution in [0.4, 0.5) is 5.69 Å². The molecule has 0 bridgehead atoms. The number of nitrogens with one attached hydrogen (secondary N) is 1. The van der Waals surface area contributed by atoms with Crippen molar-refractivity contribution in [2.75, 3.05) is 11.9 Å². The number of carbonyl (C=O) groups excluding carboxylic acids is 2. The van der Waals surface area contributed by atoms with E-state index in [9.17, 15) is 9.59 Å². The number of aromatic nitrogens is 2. The summed E-state index contributed by atoms with van der Waals surface area (Å²) < 4.78 is 1.93. The average molecular weight is 383 g/mol. The first-order valence-electron chi connectivity index (χ1n) is 9.93. The summed E-state index contributed by atoms with van der Waals surface area (Å²) in [5.41, 5.74) is 2.99. The summed E-state index contributed by atoms with van der Waals surface area (Å²) in [6, 6.07) is 9.54. The number of likely N-dealkylation sites (tertiary alicyclic amines) is 1. The summed E-state index contributed by atoms with van der Waals surface area (Å²) in [7, 11) is 0. The number of hydrogen-bond donors (Lipinski definition) is 1. The molecule has 1 aliphatic rings. The monoisotopic (exact) mass is 382 g/mol. The molecule has 1 aliphatic heterocycles. The molecule has 150 valence electrons. The van der Waals surface area contributed by atoms with E-state index in [1.807, 2.05) is 39.9 Å². The summed E-state index contributed by atoms with van der Waals surface area (Å²) in [6.07, 6.45) is 1.55. The van der Waals surface area contributed by atoms with Crippen LogP contribution in [0.15, 0.2) is 30.3 Å². The topological polar surface area (TPSA) is 67.2 Å². The molecule has 1 fully saturated rings. The minimum Gasteiger partial charge on any atom is -0.338 e. The fourth-order valence-electron chi connectivity index (χ4n) is 3.49. The van der Waals surface area contributed by atoms with Crippen molar-refractivity contribution >= 4 is 17.5 Å². The largest absolute Gasteiger partial charge is 0.338 e. The van der Waals surface area contributed by atoms with Gasteiger partial charge in [-0.15, -0.1) is 0 Å². The van der Waals surface area contributed by atoms with Gasteiger partial charge in [-0.2, -0.15) is 5.10 Å². The van der Waals surface area contributed by atoms with E-state index in [1.165, 1.54) is 0 Å². The van der Waals surface area contributed by atoms with Crippen LogP contribution in [-0.4, -0.2) is 33.0 Å². The van der Waals surface area contributed by atoms with Gasteiger partial charge in [0.25, 0.3) is 5.91 Å². The minimum atomic E-state index is -0.223. The normalized spacial score (nSPS) is 14.8. The van der Waals surface area contributed by atoms with E-state index in [0.717, 1.165) is 24.2 Å². The van der Waals surface area contributed by atoms with Crippen LogP contribution in [0.1, 0.15) is 75.1 Å². The number of amides is 2. The first-order valence-corrected chi connectivity index (χ1v) is 9.93. The van der Waals surface area contributed by atoms with Crippen molar-refractivity contribution in [1.82, 2.24) is 14.7 Å². The molecule has 2 heterocycles. The van der Waals surface area contributed by atoms with Crippen LogP contribution in [0.25, 0.3) is 0 Å². The van der Waals surface area contributed by atoms with Gasteiger partial charge in [0.15, 0.2) is 5.69 Å². The molecule has 0 radical (unpaired) electrons. The third-order valence-electron chi connectivity index (χ3n) is 4.93. The molecular weight excluding hydrogens is 352 g/mol. The third-order valence-corrected chi connectivity index (χ3v) is 4.93. The molecule has 1 aromatic heterocycles. The molecule has 6 heteroatoms. The van der Waals surface area contributed by atoms with Crippen LogP contribution in [-0.2, 0) is 16.9 Å². The quantitative estimate of drug-likeness (QED) is 0.845. The lowest BCUT2D eigenvalue weighted by Gasteiger charge is -2.23. The molecule has 0 atom stereocenters. The second kappa shape index (κ2) is 7.78. The first-order chi connectivity index (χ1) is 13.1. The van der Waals surface area contributed by atoms with Gasteiger partial charge in [-0.3, -0.25) is 14.3 Å². The summed E-state index contributed by atoms with van der Waals surface area (Å²) in [4.78, 5) is 26.5. The molecule has 0 saturated carbocycles. The Morgan fingerprint density at radius 2 is 2.00 bits per heavy atom. The Kier molecular flexibility index (Phi) is 5.59. The average Bonchev–Trinajstić information content (AvgIpc) is 3.22. The van der Waals surface area contributed by atoms with Crippen molar-refractivity contribution in [3.63, 3.8) is 0 Å². The van der Waals surface area contributed by atoms with Crippen molar-refractivity contribution in [2.45, 2.75) is 65.5 Å². The number of nitrogens with zero attached hydrogens (tertiary/aromatic N) is 3. The lowest BCUT2D eigenvalue weighted by molar-refractivity contribution is -0.128. The van der Waals surface area contributed by atoms with E-state index in [-0.39, 0.29) is 23.3 Å². The third kappa shape index (κ3) is 4.43. The van der Waals surface area contributed by atoms with Gasteiger partial charge in [-0.25, -0.2) is 0 Å². The Morgan fingerprint density at radius 1 is 1.25 bits per heavy atom. The zero-order chi connectivity index (χ0) is 20.5. The van der Waals surface area contributed by atoms with Crippen molar-refractivity contribution in [3.05, 3.63) is 47.3 Å². The predicted molar refractivity (Wildman–Crippen MR) is 110 cm³/mol. The van der Waals surface area contributed by atoms with Gasteiger partial charge in [0.2, 0.25) is 5.91 Å². The Labute approximate surface area is 166 Å². The highest BCUT2D eigenvalue weighted by atomic mass is 16.2. The Morgan fingerprint density at radius 3 is 2.57 bits per heavy atom. The van der Waals surface area contributed by atoms with E-state index in [1.54, 1.807) is 0 Å². The molecule has 1 N–H and O–H groups in total. The summed E-state index contributed by atoms with van der Waals surface area (Å²) in [5, 5.41) is 7.51. The number of benzene rings is 1. The van der Waals surface area contributed by atoms with Gasteiger partial charge >= 0.3 is 0 Å². The Balaban J connectivity index is 1.76. The second-order valence-corrected chi connectivity index (χ2v) is 8.77. The van der Waals surface area contributed by atoms with Crippen LogP contribution in [0.5, 0.6) is 0 Å². The second-order valence-electron chi connectivity index (χ2n) is 8.77. The zero-order valence-corrected chi connectivity index (χ0v) is 17.5. The smallest absolute Gasteiger partial charge is 0.276 e. The molecule has 1 aromatic carbocycles. The van der Waals surface area contributed by atoms with Crippen molar-refractivity contribution in [3.8, 4) is 0 Å². The fourth-order valence-corrected chi connectivity index (χ4v) is 3.49. The van der Waals surface area contributed by atoms with Crippen molar-refractivity contribution < 1.29 is 9.59 Å². The Bertz CT molecular complexity index is 877. The highest BCUT2D eigenvalue weighted by molar-refractivity contribution is 6.03. The summed E-state index contributed by atoms with van der Waals surface area (Å²) in [5.74, 6) is 0.247. The molecular formula is C22H30N4O2. The fraction of sp³-hybridized carbons (Fsp3) is 0.500. The molecule has 3 rings (SSSR count). The van der Waals surface area contributed by atoms with Gasteiger partial charge in [-0.1, -0.05) is 26.0 Å². The minimum absolute atomic E-state index is 0.194. The maximum absolute atomic E-state index is 12.8. The number of rotatable bonds is 5. The summed E-state index contributed by atoms with van der Waals surface area (Å²) >= 11 is 0. The van der Waals surface area contributed by atoms with E-state index in [4.69, 9.17) is 0 Å². The van der Waals surface area contributed by atoms with Gasteiger partial charge in [-0.05, 0) is 56.9 Å². The first kappa shape index (κ1) is 20.1. The standard InChI is InChI=1S/C22H30N4O2/c1-15(2)19-13-18(24-26(19)22(3,4)5)21(28)23-17-9-6-8-16(12-17)14-25-11-7-10-20(25)27/h6,8-9,12-13,15H,7,10-11,14H2,1-5H3,(H,23,28). The molecule has 2 amide bonds. The lowest BCUT2D eigenvalue weighted by atomic mass is 10.1. The van der Waals surface area contributed by atoms with Crippen LogP contribution in [0.2, 0.25) is 0 Å². The zero-order valence-electron chi connectivity index (χ0n) is 17.5. The molecule has 1 saturated heterocycles. The predicted octanol–water partition coefficient (Wildman–Crippen LogP) is 4.14. The van der Waals surface area contributed by atoms with E-state index in [2.05, 4.69) is 45.0 Å². The molecule has 0 spiro atoms. The van der Waals surface area contributed by atoms with Crippen molar-refractivity contribution in [2.24, 2.45) is 0 Å². The molecule has 0 aliphatic carbocycles. The van der Waals surface area contributed by atoms with E-state index < -0.39 is 0 Å². The van der Waals surface area contributed by atoms with Crippen LogP contribution in [0.3, 0.4) is 0 Å². The van der Waals surface area contributed by atoms with Crippen LogP contribution < -0.4 is 5.32 Å². The van der Waals surface area contributed by atoms with Crippen molar-refractivity contribution in [1.29, 1.82) is 0 Å². The number of anilines is 1. The SMILES string of the molecule is CC(C)c1cc(C(=O)Nc2cccc(CN3CCCC3=O)c2)nn1C(C)(C)C. The molecule has 2 aromatic rings. The van der Waals surface area contributed by atoms with Crippen LogP contribution in [0, 0.1) is 0 Å². The van der Waals surface area contributed by atoms with Gasteiger partial charge in [0.1, 0.15) is 0 Å². The van der Waals surface area contributed by atoms with E-state index in [0.29, 0.717) is 24.3 Å². The highest BCUT2D eigenvalue weighted by Crippen LogP contribution is 2.24. The van der Waals surface area contributed by atoms with Gasteiger partial charge in [0.05, 0.1) is 5.54 Å². The van der Waals surface area contributed by atoms with Crippen LogP contribution >= 0.6 is 0 Å². The number of hydrogen-bond acceptors (Lipinski definition) is 3. The molecule has 0 unspecified atom stereocenters. The highest BCUT2D eigenvalue weighted by Gasteiger charge is 2.24. The van der Waals surface area contributed by atoms with E-state index >= 15 is 0 Å². The Hall–Kier alpha value is -2.63. The van der Waals surface area contributed by atoms with Gasteiger partial charge < -0.3 is 10.2 Å². The lowest BCUT2D eigenvalue weighted by Crippen LogP contribution is -2.26. The maximum atomic E-state index is 12.8. The molecule has 28 heavy (non-hydrogen) atoms. The summed E-state index contributed by atoms with van der Waals surface area (Å²) in [6.45, 7) is 11.8. The van der Waals surface area contributed by atoms with Gasteiger partial charge in [0, 0.05) is 30.9 Å². The number of carbonyl (C=O) groups is 2. The maximum Gasteiger partial charge on any atom is 0.276 e. The molecule has 6 nitrogen and oxygen atoms in total.